The summed E-state index contributed by atoms with van der Waals surface area (Å²) in [6.45, 7) is 4.07. The van der Waals surface area contributed by atoms with Crippen molar-refractivity contribution in [1.29, 1.82) is 0 Å². The predicted octanol–water partition coefficient (Wildman–Crippen LogP) is 2.45. The first kappa shape index (κ1) is 17.4. The first-order chi connectivity index (χ1) is 12.7. The number of hydrogen-bond donors (Lipinski definition) is 0. The molecule has 0 amide bonds. The van der Waals surface area contributed by atoms with Crippen LogP contribution < -0.4 is 11.2 Å². The van der Waals surface area contributed by atoms with Gasteiger partial charge in [-0.25, -0.2) is 9.78 Å². The number of pyridine rings is 1. The molecule has 4 rings (SSSR count). The van der Waals surface area contributed by atoms with E-state index in [0.29, 0.717) is 40.7 Å². The lowest BCUT2D eigenvalue weighted by molar-refractivity contribution is 0.0911. The number of carbonyl (C=O) groups is 1. The second-order valence-corrected chi connectivity index (χ2v) is 8.02. The zero-order chi connectivity index (χ0) is 19.5. The van der Waals surface area contributed by atoms with E-state index in [1.165, 1.54) is 11.6 Å². The van der Waals surface area contributed by atoms with Crippen LogP contribution in [0.5, 0.6) is 0 Å². The van der Waals surface area contributed by atoms with Crippen molar-refractivity contribution in [3.63, 3.8) is 0 Å². The number of benzene rings is 1. The predicted molar refractivity (Wildman–Crippen MR) is 104 cm³/mol. The van der Waals surface area contributed by atoms with Gasteiger partial charge >= 0.3 is 5.69 Å². The van der Waals surface area contributed by atoms with Crippen LogP contribution in [-0.4, -0.2) is 19.9 Å². The van der Waals surface area contributed by atoms with Crippen LogP contribution in [-0.2, 0) is 20.5 Å². The Kier molecular flexibility index (Phi) is 3.70. The van der Waals surface area contributed by atoms with Gasteiger partial charge in [-0.2, -0.15) is 0 Å². The van der Waals surface area contributed by atoms with E-state index >= 15 is 0 Å². The highest BCUT2D eigenvalue weighted by Gasteiger charge is 2.35. The van der Waals surface area contributed by atoms with Crippen molar-refractivity contribution < 1.29 is 4.79 Å². The van der Waals surface area contributed by atoms with Crippen LogP contribution in [0.1, 0.15) is 36.3 Å². The van der Waals surface area contributed by atoms with Gasteiger partial charge in [0, 0.05) is 31.6 Å². The number of Topliss-reactive ketones (excluding diaryl/α,β-unsaturated/α-hetero) is 1. The Labute approximate surface area is 156 Å². The molecule has 6 heteroatoms. The van der Waals surface area contributed by atoms with Crippen molar-refractivity contribution in [3.05, 3.63) is 62.4 Å². The van der Waals surface area contributed by atoms with Gasteiger partial charge in [-0.3, -0.25) is 18.7 Å². The molecule has 2 heterocycles. The maximum absolute atomic E-state index is 13.1. The van der Waals surface area contributed by atoms with E-state index in [2.05, 4.69) is 4.98 Å². The Morgan fingerprint density at radius 1 is 0.926 bits per heavy atom. The summed E-state index contributed by atoms with van der Waals surface area (Å²) in [4.78, 5) is 43.2. The third-order valence-corrected chi connectivity index (χ3v) is 5.29. The zero-order valence-electron chi connectivity index (χ0n) is 15.9. The van der Waals surface area contributed by atoms with Crippen molar-refractivity contribution in [1.82, 2.24) is 14.1 Å². The molecule has 0 bridgehead atoms. The van der Waals surface area contributed by atoms with Gasteiger partial charge in [-0.1, -0.05) is 44.2 Å². The van der Waals surface area contributed by atoms with Crippen LogP contribution in [0.25, 0.3) is 22.2 Å². The molecular formula is C21H21N3O3. The fourth-order valence-electron chi connectivity index (χ4n) is 4.00. The normalized spacial score (nSPS) is 15.8. The van der Waals surface area contributed by atoms with Gasteiger partial charge in [0.15, 0.2) is 5.78 Å². The maximum Gasteiger partial charge on any atom is 0.332 e. The molecule has 3 aromatic rings. The zero-order valence-corrected chi connectivity index (χ0v) is 15.9. The second-order valence-electron chi connectivity index (χ2n) is 8.02. The summed E-state index contributed by atoms with van der Waals surface area (Å²) in [5.41, 5.74) is 1.80. The van der Waals surface area contributed by atoms with Crippen molar-refractivity contribution in [3.8, 4) is 11.1 Å². The Bertz CT molecular complexity index is 1220. The first-order valence-corrected chi connectivity index (χ1v) is 8.92. The van der Waals surface area contributed by atoms with Gasteiger partial charge in [-0.05, 0) is 17.4 Å². The summed E-state index contributed by atoms with van der Waals surface area (Å²) in [6.07, 6.45) is 1.02. The van der Waals surface area contributed by atoms with Gasteiger partial charge in [-0.15, -0.1) is 0 Å². The minimum absolute atomic E-state index is 0.00888. The first-order valence-electron chi connectivity index (χ1n) is 8.92. The van der Waals surface area contributed by atoms with Crippen molar-refractivity contribution >= 4 is 16.8 Å². The van der Waals surface area contributed by atoms with E-state index in [9.17, 15) is 14.4 Å². The maximum atomic E-state index is 13.1. The summed E-state index contributed by atoms with van der Waals surface area (Å²) < 4.78 is 2.45. The van der Waals surface area contributed by atoms with E-state index in [-0.39, 0.29) is 11.2 Å². The molecule has 27 heavy (non-hydrogen) atoms. The molecule has 0 aliphatic heterocycles. The van der Waals surface area contributed by atoms with Gasteiger partial charge in [0.1, 0.15) is 5.65 Å². The van der Waals surface area contributed by atoms with Crippen LogP contribution in [0.15, 0.2) is 39.9 Å². The monoisotopic (exact) mass is 363 g/mol. The minimum Gasteiger partial charge on any atom is -0.294 e. The Balaban J connectivity index is 2.28. The lowest BCUT2D eigenvalue weighted by Gasteiger charge is -2.31. The molecule has 6 nitrogen and oxygen atoms in total. The number of aryl methyl sites for hydroxylation is 1. The highest BCUT2D eigenvalue weighted by atomic mass is 16.2. The molecule has 0 N–H and O–H groups in total. The Morgan fingerprint density at radius 3 is 2.26 bits per heavy atom. The van der Waals surface area contributed by atoms with E-state index in [1.807, 2.05) is 44.2 Å². The lowest BCUT2D eigenvalue weighted by atomic mass is 9.73. The number of fused-ring (bicyclic) bond motifs is 2. The topological polar surface area (TPSA) is 74.0 Å². The van der Waals surface area contributed by atoms with Gasteiger partial charge in [0.05, 0.1) is 11.1 Å². The molecule has 1 aromatic carbocycles. The minimum atomic E-state index is -0.431. The second kappa shape index (κ2) is 5.74. The van der Waals surface area contributed by atoms with Gasteiger partial charge in [0.25, 0.3) is 5.56 Å². The molecule has 0 saturated carbocycles. The van der Waals surface area contributed by atoms with E-state index < -0.39 is 11.2 Å². The number of aromatic nitrogens is 3. The molecule has 1 aliphatic rings. The van der Waals surface area contributed by atoms with Crippen LogP contribution in [0, 0.1) is 5.41 Å². The summed E-state index contributed by atoms with van der Waals surface area (Å²) in [5.74, 6) is -0.00888. The molecule has 0 saturated heterocycles. The molecule has 2 aromatic heterocycles. The van der Waals surface area contributed by atoms with Crippen LogP contribution >= 0.6 is 0 Å². The summed E-state index contributed by atoms with van der Waals surface area (Å²) in [5, 5.41) is 0.317. The molecule has 0 spiro atoms. The number of hydrogen-bond acceptors (Lipinski definition) is 4. The molecule has 1 aliphatic carbocycles. The smallest absolute Gasteiger partial charge is 0.294 e. The van der Waals surface area contributed by atoms with E-state index in [4.69, 9.17) is 0 Å². The Hall–Kier alpha value is -3.02. The quantitative estimate of drug-likeness (QED) is 0.666. The fraction of sp³-hybridized carbons (Fsp3) is 0.333. The van der Waals surface area contributed by atoms with Crippen molar-refractivity contribution in [2.45, 2.75) is 26.7 Å². The lowest BCUT2D eigenvalue weighted by Crippen LogP contribution is -2.38. The van der Waals surface area contributed by atoms with Crippen LogP contribution in [0.4, 0.5) is 0 Å². The van der Waals surface area contributed by atoms with Gasteiger partial charge in [0.2, 0.25) is 0 Å². The fourth-order valence-corrected chi connectivity index (χ4v) is 4.00. The SMILES string of the molecule is Cn1c(=O)c2c(-c3ccccc3)c3c(nc2n(C)c1=O)CC(C)(C)CC3=O. The largest absolute Gasteiger partial charge is 0.332 e. The summed E-state index contributed by atoms with van der Waals surface area (Å²) >= 11 is 0. The number of carbonyl (C=O) groups excluding carboxylic acids is 1. The van der Waals surface area contributed by atoms with Crippen LogP contribution in [0.3, 0.4) is 0 Å². The van der Waals surface area contributed by atoms with E-state index in [1.54, 1.807) is 7.05 Å². The molecular weight excluding hydrogens is 342 g/mol. The van der Waals surface area contributed by atoms with Crippen molar-refractivity contribution in [2.75, 3.05) is 0 Å². The molecule has 0 fully saturated rings. The molecule has 0 radical (unpaired) electrons. The van der Waals surface area contributed by atoms with Gasteiger partial charge < -0.3 is 0 Å². The summed E-state index contributed by atoms with van der Waals surface area (Å²) in [6, 6.07) is 9.40. The highest BCUT2D eigenvalue weighted by molar-refractivity contribution is 6.10. The third-order valence-electron chi connectivity index (χ3n) is 5.29. The average Bonchev–Trinajstić information content (AvgIpc) is 2.62. The molecule has 0 atom stereocenters. The average molecular weight is 363 g/mol. The highest BCUT2D eigenvalue weighted by Crippen LogP contribution is 2.40. The van der Waals surface area contributed by atoms with Crippen molar-refractivity contribution in [2.24, 2.45) is 19.5 Å². The van der Waals surface area contributed by atoms with Crippen LogP contribution in [0.2, 0.25) is 0 Å². The molecule has 138 valence electrons. The third kappa shape index (κ3) is 2.55. The van der Waals surface area contributed by atoms with E-state index in [0.717, 1.165) is 10.1 Å². The standard InChI is InChI=1S/C21H21N3O3/c1-21(2)10-13-16(14(25)11-21)15(12-8-6-5-7-9-12)17-18(22-13)23(3)20(27)24(4)19(17)26/h5-9H,10-11H2,1-4H3. The molecule has 0 unspecified atom stereocenters. The summed E-state index contributed by atoms with van der Waals surface area (Å²) in [7, 11) is 3.05. The number of nitrogens with zero attached hydrogens (tertiary/aromatic N) is 3. The number of ketones is 1. The number of rotatable bonds is 1. The Morgan fingerprint density at radius 2 is 1.59 bits per heavy atom.